The van der Waals surface area contributed by atoms with Crippen LogP contribution in [-0.4, -0.2) is 4.98 Å². The number of fused-ring (bicyclic) bond motifs is 1. The largest absolute Gasteiger partial charge is 0.437 e. The van der Waals surface area contributed by atoms with Crippen LogP contribution in [0.5, 0.6) is 0 Å². The lowest BCUT2D eigenvalue weighted by Gasteiger charge is -1.82. The maximum atomic E-state index is 5.07. The van der Waals surface area contributed by atoms with Crippen LogP contribution >= 0.6 is 0 Å². The minimum absolute atomic E-state index is 0.824. The van der Waals surface area contributed by atoms with E-state index in [0.717, 1.165) is 11.1 Å². The highest BCUT2D eigenvalue weighted by Gasteiger charge is 2.00. The quantitative estimate of drug-likeness (QED) is 0.496. The van der Waals surface area contributed by atoms with E-state index in [4.69, 9.17) is 4.42 Å². The van der Waals surface area contributed by atoms with E-state index in [1.54, 1.807) is 0 Å². The summed E-state index contributed by atoms with van der Waals surface area (Å²) in [6.07, 6.45) is 5.28. The van der Waals surface area contributed by atoms with E-state index in [-0.39, 0.29) is 0 Å². The zero-order chi connectivity index (χ0) is 6.97. The molecule has 50 valence electrons. The molecule has 0 aliphatic rings. The molecule has 0 fully saturated rings. The fourth-order valence-electron chi connectivity index (χ4n) is 0.902. The highest BCUT2D eigenvalue weighted by atomic mass is 16.3. The van der Waals surface area contributed by atoms with Gasteiger partial charge in [-0.15, -0.1) is 0 Å². The van der Waals surface area contributed by atoms with Crippen LogP contribution in [-0.2, 0) is 7.05 Å². The number of rotatable bonds is 0. The molecule has 0 N–H and O–H groups in total. The van der Waals surface area contributed by atoms with Gasteiger partial charge in [-0.2, -0.15) is 0 Å². The molecule has 0 atom stereocenters. The van der Waals surface area contributed by atoms with Crippen molar-refractivity contribution in [1.29, 1.82) is 0 Å². The average molecular weight is 135 g/mol. The molecule has 2 aromatic heterocycles. The van der Waals surface area contributed by atoms with Crippen molar-refractivity contribution in [2.75, 3.05) is 0 Å². The fourth-order valence-corrected chi connectivity index (χ4v) is 0.902. The Morgan fingerprint density at radius 2 is 2.50 bits per heavy atom. The van der Waals surface area contributed by atoms with Gasteiger partial charge in [-0.1, -0.05) is 0 Å². The Morgan fingerprint density at radius 1 is 1.60 bits per heavy atom. The first kappa shape index (κ1) is 5.41. The van der Waals surface area contributed by atoms with E-state index in [1.165, 1.54) is 6.39 Å². The Balaban J connectivity index is 2.86. The van der Waals surface area contributed by atoms with Crippen LogP contribution in [0.3, 0.4) is 0 Å². The Hall–Kier alpha value is -1.38. The lowest BCUT2D eigenvalue weighted by atomic mass is 10.4. The van der Waals surface area contributed by atoms with Gasteiger partial charge in [0.15, 0.2) is 12.6 Å². The van der Waals surface area contributed by atoms with Gasteiger partial charge in [-0.3, -0.25) is 0 Å². The summed E-state index contributed by atoms with van der Waals surface area (Å²) in [7, 11) is 1.95. The summed E-state index contributed by atoms with van der Waals surface area (Å²) >= 11 is 0. The zero-order valence-corrected chi connectivity index (χ0v) is 5.61. The second-order valence-electron chi connectivity index (χ2n) is 2.21. The molecule has 0 bridgehead atoms. The first-order valence-corrected chi connectivity index (χ1v) is 3.05. The minimum atomic E-state index is 0.824. The van der Waals surface area contributed by atoms with Gasteiger partial charge in [0, 0.05) is 6.07 Å². The Morgan fingerprint density at radius 3 is 3.40 bits per heavy atom. The first-order valence-electron chi connectivity index (χ1n) is 3.05. The molecule has 2 aromatic rings. The fraction of sp³-hybridized carbons (Fsp3) is 0.143. The maximum absolute atomic E-state index is 5.07. The van der Waals surface area contributed by atoms with Gasteiger partial charge in [0.25, 0.3) is 0 Å². The monoisotopic (exact) mass is 135 g/mol. The molecule has 0 unspecified atom stereocenters. The summed E-state index contributed by atoms with van der Waals surface area (Å²) in [5.74, 6) is 0. The lowest BCUT2D eigenvalue weighted by Crippen LogP contribution is -2.25. The predicted molar refractivity (Wildman–Crippen MR) is 35.2 cm³/mol. The maximum Gasteiger partial charge on any atom is 0.218 e. The van der Waals surface area contributed by atoms with Gasteiger partial charge < -0.3 is 4.42 Å². The van der Waals surface area contributed by atoms with Crippen LogP contribution in [0.25, 0.3) is 11.1 Å². The molecule has 3 nitrogen and oxygen atoms in total. The number of nitrogens with zero attached hydrogens (tertiary/aromatic N) is 2. The summed E-state index contributed by atoms with van der Waals surface area (Å²) in [4.78, 5) is 3.98. The third kappa shape index (κ3) is 0.673. The first-order chi connectivity index (χ1) is 4.86. The molecule has 0 saturated heterocycles. The van der Waals surface area contributed by atoms with Gasteiger partial charge in [0.2, 0.25) is 11.8 Å². The molecular formula is C7H7N2O+. The molecule has 0 radical (unpaired) electrons. The lowest BCUT2D eigenvalue weighted by molar-refractivity contribution is -0.670. The number of oxazole rings is 1. The molecule has 10 heavy (non-hydrogen) atoms. The van der Waals surface area contributed by atoms with Crippen molar-refractivity contribution in [3.8, 4) is 0 Å². The van der Waals surface area contributed by atoms with Crippen LogP contribution in [0.1, 0.15) is 0 Å². The second-order valence-corrected chi connectivity index (χ2v) is 2.21. The van der Waals surface area contributed by atoms with Crippen LogP contribution in [0.2, 0.25) is 0 Å². The van der Waals surface area contributed by atoms with Crippen molar-refractivity contribution in [2.45, 2.75) is 0 Å². The van der Waals surface area contributed by atoms with E-state index in [9.17, 15) is 0 Å². The van der Waals surface area contributed by atoms with E-state index in [1.807, 2.05) is 30.1 Å². The minimum Gasteiger partial charge on any atom is -0.437 e. The summed E-state index contributed by atoms with van der Waals surface area (Å²) in [6.45, 7) is 0. The van der Waals surface area contributed by atoms with Gasteiger partial charge in [-0.25, -0.2) is 9.55 Å². The number of aromatic nitrogens is 2. The van der Waals surface area contributed by atoms with Crippen molar-refractivity contribution >= 4 is 11.1 Å². The zero-order valence-electron chi connectivity index (χ0n) is 5.61. The van der Waals surface area contributed by atoms with Crippen LogP contribution in [0.15, 0.2) is 29.3 Å². The number of hydrogen-bond donors (Lipinski definition) is 0. The molecule has 3 heteroatoms. The van der Waals surface area contributed by atoms with Gasteiger partial charge >= 0.3 is 0 Å². The average Bonchev–Trinajstić information content (AvgIpc) is 2.33. The van der Waals surface area contributed by atoms with Crippen LogP contribution in [0, 0.1) is 0 Å². The third-order valence-corrected chi connectivity index (χ3v) is 1.41. The molecule has 0 amide bonds. The second kappa shape index (κ2) is 1.80. The molecule has 0 spiro atoms. The molecule has 0 aromatic carbocycles. The summed E-state index contributed by atoms with van der Waals surface area (Å²) in [6, 6.07) is 1.92. The molecule has 0 saturated carbocycles. The predicted octanol–water partition coefficient (Wildman–Crippen LogP) is 0.652. The highest BCUT2D eigenvalue weighted by molar-refractivity contribution is 5.69. The van der Waals surface area contributed by atoms with Gasteiger partial charge in [0.1, 0.15) is 12.6 Å². The van der Waals surface area contributed by atoms with E-state index in [2.05, 4.69) is 4.98 Å². The number of pyridine rings is 1. The van der Waals surface area contributed by atoms with Crippen LogP contribution in [0.4, 0.5) is 0 Å². The molecular weight excluding hydrogens is 128 g/mol. The molecule has 0 aliphatic carbocycles. The molecule has 0 aliphatic heterocycles. The normalized spacial score (nSPS) is 10.5. The van der Waals surface area contributed by atoms with Crippen LogP contribution < -0.4 is 4.57 Å². The third-order valence-electron chi connectivity index (χ3n) is 1.41. The standard InChI is InChI=1S/C7H7N2O/c1-9-3-2-6-7(4-9)10-5-8-6/h2-5H,1H3/q+1. The topological polar surface area (TPSA) is 29.9 Å². The highest BCUT2D eigenvalue weighted by Crippen LogP contribution is 2.06. The summed E-state index contributed by atoms with van der Waals surface area (Å²) in [5, 5.41) is 0. The van der Waals surface area contributed by atoms with Crippen molar-refractivity contribution in [3.05, 3.63) is 24.9 Å². The summed E-state index contributed by atoms with van der Waals surface area (Å²) in [5.41, 5.74) is 1.73. The molecule has 2 rings (SSSR count). The number of aryl methyl sites for hydroxylation is 1. The summed E-state index contributed by atoms with van der Waals surface area (Å²) < 4.78 is 6.99. The Labute approximate surface area is 57.9 Å². The van der Waals surface area contributed by atoms with Crippen molar-refractivity contribution in [3.63, 3.8) is 0 Å². The van der Waals surface area contributed by atoms with Crippen molar-refractivity contribution in [1.82, 2.24) is 4.98 Å². The van der Waals surface area contributed by atoms with Crippen molar-refractivity contribution in [2.24, 2.45) is 7.05 Å². The SMILES string of the molecule is C[n+]1ccc2ncoc2c1. The van der Waals surface area contributed by atoms with E-state index in [0.29, 0.717) is 0 Å². The van der Waals surface area contributed by atoms with Gasteiger partial charge in [0.05, 0.1) is 0 Å². The van der Waals surface area contributed by atoms with E-state index >= 15 is 0 Å². The smallest absolute Gasteiger partial charge is 0.218 e. The Kier molecular flexibility index (Phi) is 0.974. The Bertz CT molecular complexity index is 353. The van der Waals surface area contributed by atoms with E-state index < -0.39 is 0 Å². The number of hydrogen-bond acceptors (Lipinski definition) is 2. The molecule has 2 heterocycles. The van der Waals surface area contributed by atoms with Gasteiger partial charge in [-0.05, 0) is 0 Å². The van der Waals surface area contributed by atoms with Crippen molar-refractivity contribution < 1.29 is 8.98 Å².